The van der Waals surface area contributed by atoms with Gasteiger partial charge < -0.3 is 38.8 Å². The maximum atomic E-state index is 14.1. The molecule has 0 bridgehead atoms. The van der Waals surface area contributed by atoms with Crippen LogP contribution >= 0.6 is 0 Å². The van der Waals surface area contributed by atoms with Gasteiger partial charge in [0, 0.05) is 19.6 Å². The molecular weight excluding hydrogens is 556 g/mol. The summed E-state index contributed by atoms with van der Waals surface area (Å²) < 4.78 is 29.0. The third-order valence-corrected chi connectivity index (χ3v) is 9.76. The summed E-state index contributed by atoms with van der Waals surface area (Å²) in [6.07, 6.45) is 4.23. The number of hydrogen-bond donors (Lipinski definition) is 2. The Morgan fingerprint density at radius 2 is 1.81 bits per heavy atom. The van der Waals surface area contributed by atoms with Crippen LogP contribution in [0, 0.1) is 0 Å². The highest BCUT2D eigenvalue weighted by molar-refractivity contribution is 5.88. The summed E-state index contributed by atoms with van der Waals surface area (Å²) in [7, 11) is 1.58. The second-order valence-electron chi connectivity index (χ2n) is 13.2. The van der Waals surface area contributed by atoms with Crippen molar-refractivity contribution in [3.8, 4) is 11.5 Å². The highest BCUT2D eigenvalue weighted by Crippen LogP contribution is 2.55. The number of morpholine rings is 1. The van der Waals surface area contributed by atoms with E-state index in [-0.39, 0.29) is 25.0 Å². The van der Waals surface area contributed by atoms with Crippen LogP contribution in [0.25, 0.3) is 0 Å². The lowest BCUT2D eigenvalue weighted by Crippen LogP contribution is -2.51. The molecule has 1 amide bonds. The first-order valence-electron chi connectivity index (χ1n) is 15.5. The highest BCUT2D eigenvalue weighted by atomic mass is 16.7. The minimum Gasteiger partial charge on any atom is -0.497 e. The zero-order valence-corrected chi connectivity index (χ0v) is 25.4. The number of ether oxygens (including phenoxy) is 5. The SMILES string of the molecule is COC1=C[C@]23CCCN2CCc2cc4c(cc2[C@@H]3[C@@H]1OC(=O)[C@@](O)(CCCC(C)(C)O)CC(=O)N1CCOCC1)OCO4. The van der Waals surface area contributed by atoms with E-state index in [1.54, 1.807) is 25.9 Å². The molecule has 2 saturated heterocycles. The van der Waals surface area contributed by atoms with Gasteiger partial charge in [0.2, 0.25) is 12.7 Å². The largest absolute Gasteiger partial charge is 0.497 e. The zero-order chi connectivity index (χ0) is 30.4. The van der Waals surface area contributed by atoms with Gasteiger partial charge in [0.25, 0.3) is 0 Å². The van der Waals surface area contributed by atoms with Crippen molar-refractivity contribution in [3.63, 3.8) is 0 Å². The summed E-state index contributed by atoms with van der Waals surface area (Å²) >= 11 is 0. The van der Waals surface area contributed by atoms with E-state index in [9.17, 15) is 19.8 Å². The van der Waals surface area contributed by atoms with Crippen molar-refractivity contribution in [3.05, 3.63) is 35.1 Å². The first-order chi connectivity index (χ1) is 20.5. The molecule has 1 aromatic rings. The molecule has 0 saturated carbocycles. The van der Waals surface area contributed by atoms with Crippen molar-refractivity contribution in [2.45, 2.75) is 87.6 Å². The fraction of sp³-hybridized carbons (Fsp3) is 0.688. The molecule has 0 aromatic heterocycles. The van der Waals surface area contributed by atoms with Gasteiger partial charge in [0.15, 0.2) is 23.2 Å². The molecule has 4 aliphatic heterocycles. The number of fused-ring (bicyclic) bond motifs is 3. The predicted octanol–water partition coefficient (Wildman–Crippen LogP) is 2.27. The maximum absolute atomic E-state index is 14.1. The van der Waals surface area contributed by atoms with Crippen molar-refractivity contribution < 1.29 is 43.5 Å². The monoisotopic (exact) mass is 600 g/mol. The van der Waals surface area contributed by atoms with Crippen LogP contribution in [-0.2, 0) is 30.2 Å². The van der Waals surface area contributed by atoms with Crippen molar-refractivity contribution in [1.29, 1.82) is 0 Å². The molecule has 4 atom stereocenters. The van der Waals surface area contributed by atoms with Gasteiger partial charge in [-0.15, -0.1) is 0 Å². The molecule has 236 valence electrons. The molecule has 2 N–H and O–H groups in total. The standard InChI is InChI=1S/C32H44N2O9/c1-30(2,37)7-4-9-32(38,19-26(35)33-12-14-40-15-13-33)29(36)43-28-25(39-3)18-31-8-5-10-34(31)11-6-21-16-23-24(42-20-41-23)17-22(21)27(28)31/h16-18,27-28,37-38H,4-15,19-20H2,1-3H3/t27-,28-,31+,32-/m1/s1. The third kappa shape index (κ3) is 5.72. The van der Waals surface area contributed by atoms with E-state index in [1.165, 1.54) is 0 Å². The average molecular weight is 601 g/mol. The molecule has 1 spiro atoms. The van der Waals surface area contributed by atoms with E-state index >= 15 is 0 Å². The maximum Gasteiger partial charge on any atom is 0.339 e. The summed E-state index contributed by atoms with van der Waals surface area (Å²) in [5.74, 6) is 0.432. The Balaban J connectivity index is 1.32. The number of carbonyl (C=O) groups excluding carboxylic acids is 2. The van der Waals surface area contributed by atoms with Gasteiger partial charge in [-0.1, -0.05) is 0 Å². The Morgan fingerprint density at radius 1 is 1.07 bits per heavy atom. The van der Waals surface area contributed by atoms with Crippen LogP contribution in [0.3, 0.4) is 0 Å². The first-order valence-corrected chi connectivity index (χ1v) is 15.5. The normalized spacial score (nSPS) is 27.8. The van der Waals surface area contributed by atoms with E-state index in [2.05, 4.69) is 11.0 Å². The van der Waals surface area contributed by atoms with Gasteiger partial charge in [-0.2, -0.15) is 0 Å². The number of amides is 1. The summed E-state index contributed by atoms with van der Waals surface area (Å²) in [5, 5.41) is 22.2. The zero-order valence-electron chi connectivity index (χ0n) is 25.4. The topological polar surface area (TPSA) is 127 Å². The summed E-state index contributed by atoms with van der Waals surface area (Å²) in [6, 6.07) is 4.04. The highest BCUT2D eigenvalue weighted by Gasteiger charge is 2.59. The molecule has 0 radical (unpaired) electrons. The van der Waals surface area contributed by atoms with Crippen LogP contribution in [0.5, 0.6) is 11.5 Å². The fourth-order valence-electron chi connectivity index (χ4n) is 7.57. The van der Waals surface area contributed by atoms with Crippen LogP contribution in [0.15, 0.2) is 24.0 Å². The van der Waals surface area contributed by atoms with E-state index in [1.807, 2.05) is 12.1 Å². The van der Waals surface area contributed by atoms with Gasteiger partial charge in [-0.05, 0) is 88.3 Å². The minimum atomic E-state index is -2.08. The lowest BCUT2D eigenvalue weighted by Gasteiger charge is -2.40. The molecule has 1 aliphatic carbocycles. The van der Waals surface area contributed by atoms with Crippen LogP contribution in [0.1, 0.15) is 69.4 Å². The van der Waals surface area contributed by atoms with Gasteiger partial charge in [0.05, 0.1) is 43.8 Å². The Hall–Kier alpha value is -2.86. The van der Waals surface area contributed by atoms with Crippen molar-refractivity contribution in [2.24, 2.45) is 0 Å². The van der Waals surface area contributed by atoms with Crippen molar-refractivity contribution in [2.75, 3.05) is 53.3 Å². The molecule has 1 aromatic carbocycles. The predicted molar refractivity (Wildman–Crippen MR) is 155 cm³/mol. The van der Waals surface area contributed by atoms with Gasteiger partial charge in [-0.25, -0.2) is 4.79 Å². The van der Waals surface area contributed by atoms with Crippen LogP contribution in [0.2, 0.25) is 0 Å². The number of hydrogen-bond acceptors (Lipinski definition) is 10. The molecule has 0 unspecified atom stereocenters. The molecule has 5 aliphatic rings. The lowest BCUT2D eigenvalue weighted by atomic mass is 9.77. The third-order valence-electron chi connectivity index (χ3n) is 9.76. The molecule has 4 heterocycles. The second kappa shape index (κ2) is 11.6. The molecule has 6 rings (SSSR count). The number of carbonyl (C=O) groups is 2. The Labute approximate surface area is 252 Å². The van der Waals surface area contributed by atoms with E-state index in [0.29, 0.717) is 56.4 Å². The lowest BCUT2D eigenvalue weighted by molar-refractivity contribution is -0.177. The van der Waals surface area contributed by atoms with Crippen LogP contribution in [0.4, 0.5) is 0 Å². The Kier molecular flexibility index (Phi) is 8.12. The van der Waals surface area contributed by atoms with Gasteiger partial charge >= 0.3 is 5.97 Å². The summed E-state index contributed by atoms with van der Waals surface area (Å²) in [6.45, 7) is 6.91. The van der Waals surface area contributed by atoms with E-state index in [0.717, 1.165) is 43.5 Å². The minimum absolute atomic E-state index is 0.0259. The van der Waals surface area contributed by atoms with Crippen LogP contribution in [-0.4, -0.2) is 108 Å². The Bertz CT molecular complexity index is 1270. The van der Waals surface area contributed by atoms with Crippen LogP contribution < -0.4 is 9.47 Å². The number of aliphatic hydroxyl groups is 2. The number of esters is 1. The molecule has 43 heavy (non-hydrogen) atoms. The molecule has 2 fully saturated rings. The molecule has 11 heteroatoms. The van der Waals surface area contributed by atoms with E-state index in [4.69, 9.17) is 23.7 Å². The fourth-order valence-corrected chi connectivity index (χ4v) is 7.57. The Morgan fingerprint density at radius 3 is 2.53 bits per heavy atom. The number of rotatable bonds is 9. The van der Waals surface area contributed by atoms with Crippen molar-refractivity contribution >= 4 is 11.9 Å². The summed E-state index contributed by atoms with van der Waals surface area (Å²) in [5.41, 5.74) is -1.35. The smallest absolute Gasteiger partial charge is 0.339 e. The molecule has 11 nitrogen and oxygen atoms in total. The van der Waals surface area contributed by atoms with Crippen molar-refractivity contribution in [1.82, 2.24) is 9.80 Å². The number of benzene rings is 1. The van der Waals surface area contributed by atoms with Gasteiger partial charge in [-0.3, -0.25) is 9.69 Å². The van der Waals surface area contributed by atoms with Gasteiger partial charge in [0.1, 0.15) is 5.76 Å². The molecular formula is C32H44N2O9. The second-order valence-corrected chi connectivity index (χ2v) is 13.2. The van der Waals surface area contributed by atoms with E-state index < -0.39 is 35.2 Å². The quantitative estimate of drug-likeness (QED) is 0.408. The number of nitrogens with zero attached hydrogens (tertiary/aromatic N) is 2. The first kappa shape index (κ1) is 30.2. The number of methoxy groups -OCH3 is 1. The summed E-state index contributed by atoms with van der Waals surface area (Å²) in [4.78, 5) is 31.5. The average Bonchev–Trinajstić information content (AvgIpc) is 3.66.